The number of hydrogen-bond donors (Lipinski definition) is 4. The zero-order valence-electron chi connectivity index (χ0n) is 42.0. The van der Waals surface area contributed by atoms with Crippen LogP contribution in [0.2, 0.25) is 0 Å². The number of furan rings is 3. The number of rotatable bonds is 17. The van der Waals surface area contributed by atoms with Crippen LogP contribution in [0.5, 0.6) is 0 Å². The summed E-state index contributed by atoms with van der Waals surface area (Å²) in [5.74, 6) is 0.295. The largest absolute Gasteiger partial charge is 0.460 e. The SMILES string of the molecule is CC(=O)C(=O)c1ccc(C(=O)C(=O)c2ccccc2)o1.O=C(c1ccccc1)C(O)c1ccc(C(O)C(=O)c2ccccc2)o1.OC(c1ccc(C(O)C2(c3ccccc3)SCCCS2)o1)C1(c2ccccc2)SCCCS1. The number of thioether (sulfide) groups is 4. The van der Waals surface area contributed by atoms with Gasteiger partial charge in [0.2, 0.25) is 11.6 Å². The molecule has 5 aromatic carbocycles. The highest BCUT2D eigenvalue weighted by molar-refractivity contribution is 8.18. The van der Waals surface area contributed by atoms with Crippen LogP contribution in [0.4, 0.5) is 0 Å². The van der Waals surface area contributed by atoms with Gasteiger partial charge in [0.25, 0.3) is 11.6 Å². The van der Waals surface area contributed by atoms with Gasteiger partial charge in [0.1, 0.15) is 43.4 Å². The fourth-order valence-electron chi connectivity index (χ4n) is 8.47. The van der Waals surface area contributed by atoms with Crippen LogP contribution in [0.3, 0.4) is 0 Å². The molecular weight excluding hydrogens is 1070 g/mol. The summed E-state index contributed by atoms with van der Waals surface area (Å²) >= 11 is 7.16. The molecule has 4 N–H and O–H groups in total. The molecule has 2 saturated heterocycles. The van der Waals surface area contributed by atoms with Crippen molar-refractivity contribution in [3.05, 3.63) is 250 Å². The third-order valence-electron chi connectivity index (χ3n) is 12.5. The monoisotopic (exact) mass is 1120 g/mol. The summed E-state index contributed by atoms with van der Waals surface area (Å²) in [5.41, 5.74) is 3.12. The Balaban J connectivity index is 0.000000160. The van der Waals surface area contributed by atoms with Crippen LogP contribution in [0.25, 0.3) is 0 Å². The number of aliphatic hydroxyl groups is 4. The van der Waals surface area contributed by atoms with Gasteiger partial charge in [-0.1, -0.05) is 152 Å². The molecule has 2 fully saturated rings. The molecular formula is C61H54O13S4. The first kappa shape index (κ1) is 57.4. The molecule has 13 nitrogen and oxygen atoms in total. The highest BCUT2D eigenvalue weighted by Crippen LogP contribution is 2.60. The molecule has 10 rings (SSSR count). The van der Waals surface area contributed by atoms with E-state index in [2.05, 4.69) is 24.3 Å². The summed E-state index contributed by atoms with van der Waals surface area (Å²) in [4.78, 5) is 70.6. The van der Waals surface area contributed by atoms with Crippen molar-refractivity contribution < 1.29 is 62.4 Å². The molecule has 17 heteroatoms. The van der Waals surface area contributed by atoms with E-state index >= 15 is 0 Å². The molecule has 8 aromatic rings. The molecule has 0 aliphatic carbocycles. The van der Waals surface area contributed by atoms with Gasteiger partial charge >= 0.3 is 0 Å². The summed E-state index contributed by atoms with van der Waals surface area (Å²) in [6.45, 7) is 1.10. The molecule has 400 valence electrons. The molecule has 0 saturated carbocycles. The van der Waals surface area contributed by atoms with Crippen LogP contribution in [0.1, 0.15) is 131 Å². The van der Waals surface area contributed by atoms with Crippen molar-refractivity contribution in [1.82, 2.24) is 0 Å². The van der Waals surface area contributed by atoms with E-state index in [1.807, 2.05) is 48.5 Å². The van der Waals surface area contributed by atoms with Crippen molar-refractivity contribution >= 4 is 81.7 Å². The second-order valence-corrected chi connectivity index (χ2v) is 23.7. The van der Waals surface area contributed by atoms with Crippen LogP contribution in [0, 0.1) is 0 Å². The van der Waals surface area contributed by atoms with Gasteiger partial charge in [-0.25, -0.2) is 0 Å². The maximum absolute atomic E-state index is 12.2. The lowest BCUT2D eigenvalue weighted by Crippen LogP contribution is -2.31. The Bertz CT molecular complexity index is 3140. The van der Waals surface area contributed by atoms with Crippen molar-refractivity contribution in [1.29, 1.82) is 0 Å². The van der Waals surface area contributed by atoms with Gasteiger partial charge in [0, 0.05) is 23.6 Å². The molecule has 0 bridgehead atoms. The molecule has 4 unspecified atom stereocenters. The lowest BCUT2D eigenvalue weighted by molar-refractivity contribution is -0.113. The number of ketones is 6. The summed E-state index contributed by atoms with van der Waals surface area (Å²) < 4.78 is 15.6. The Morgan fingerprint density at radius 2 is 0.705 bits per heavy atom. The third-order valence-corrected chi connectivity index (χ3v) is 19.5. The van der Waals surface area contributed by atoms with Gasteiger partial charge in [0.15, 0.2) is 35.3 Å². The van der Waals surface area contributed by atoms with E-state index in [0.29, 0.717) is 22.6 Å². The average Bonchev–Trinajstić information content (AvgIpc) is 4.35. The van der Waals surface area contributed by atoms with E-state index in [-0.39, 0.29) is 28.6 Å². The Labute approximate surface area is 467 Å². The van der Waals surface area contributed by atoms with E-state index in [0.717, 1.165) is 53.9 Å². The third kappa shape index (κ3) is 13.2. The first-order valence-electron chi connectivity index (χ1n) is 24.8. The normalized spacial score (nSPS) is 16.1. The second-order valence-electron chi connectivity index (χ2n) is 17.8. The van der Waals surface area contributed by atoms with Crippen molar-refractivity contribution in [2.24, 2.45) is 0 Å². The average molecular weight is 1120 g/mol. The Hall–Kier alpha value is -6.80. The fraction of sp³-hybridized carbons (Fsp3) is 0.213. The van der Waals surface area contributed by atoms with E-state index in [1.54, 1.807) is 126 Å². The number of Topliss-reactive ketones (excluding diaryl/α,β-unsaturated/α-hetero) is 6. The molecule has 2 aliphatic rings. The minimum atomic E-state index is -1.50. The number of hydrogen-bond acceptors (Lipinski definition) is 17. The standard InChI is InChI=1S/C26H28O3S4.C20H16O5.C15H10O5/c27-23(25(30-15-7-16-31-25)19-9-3-1-4-10-19)21-13-14-22(29-21)24(28)26(32-17-8-18-33-26)20-11-5-2-6-12-20;21-17(13-7-3-1-4-8-13)19(23)15-11-12-16(25-15)20(24)18(22)14-9-5-2-6-10-14;1-9(16)13(17)11-7-8-12(20-11)15(19)14(18)10-5-3-2-4-6-10/h1-6,9-14,23-24,27-28H,7-8,15-18H2;1-12,19-20,23-24H;2-8H,1H3. The quantitative estimate of drug-likeness (QED) is 0.0491. The number of aliphatic hydroxyl groups excluding tert-OH is 4. The van der Waals surface area contributed by atoms with Crippen molar-refractivity contribution in [2.75, 3.05) is 23.0 Å². The Morgan fingerprint density at radius 3 is 1.08 bits per heavy atom. The highest BCUT2D eigenvalue weighted by Gasteiger charge is 2.47. The predicted octanol–water partition coefficient (Wildman–Crippen LogP) is 12.0. The van der Waals surface area contributed by atoms with Crippen molar-refractivity contribution in [3.8, 4) is 0 Å². The zero-order chi connectivity index (χ0) is 55.2. The summed E-state index contributed by atoms with van der Waals surface area (Å²) in [7, 11) is 0. The van der Waals surface area contributed by atoms with Crippen LogP contribution >= 0.6 is 47.0 Å². The van der Waals surface area contributed by atoms with Crippen LogP contribution < -0.4 is 0 Å². The maximum Gasteiger partial charge on any atom is 0.268 e. The molecule has 0 amide bonds. The molecule has 78 heavy (non-hydrogen) atoms. The second kappa shape index (κ2) is 26.7. The van der Waals surface area contributed by atoms with E-state index in [9.17, 15) is 49.2 Å². The number of benzene rings is 5. The van der Waals surface area contributed by atoms with E-state index in [4.69, 9.17) is 13.3 Å². The predicted molar refractivity (Wildman–Crippen MR) is 303 cm³/mol. The molecule has 0 radical (unpaired) electrons. The number of carbonyl (C=O) groups is 6. The van der Waals surface area contributed by atoms with Crippen LogP contribution in [-0.2, 0) is 13.0 Å². The molecule has 2 aliphatic heterocycles. The lowest BCUT2D eigenvalue weighted by atomic mass is 10.0. The summed E-state index contributed by atoms with van der Waals surface area (Å²) in [6, 6.07) is 54.0. The molecule has 4 atom stereocenters. The minimum absolute atomic E-state index is 0.0243. The van der Waals surface area contributed by atoms with Gasteiger partial charge in [-0.2, -0.15) is 0 Å². The Morgan fingerprint density at radius 1 is 0.385 bits per heavy atom. The zero-order valence-corrected chi connectivity index (χ0v) is 45.3. The van der Waals surface area contributed by atoms with Crippen LogP contribution in [-0.4, -0.2) is 78.1 Å². The smallest absolute Gasteiger partial charge is 0.268 e. The maximum atomic E-state index is 12.2. The fourth-order valence-corrected chi connectivity index (χ4v) is 15.2. The molecule has 3 aromatic heterocycles. The van der Waals surface area contributed by atoms with E-state index < -0.39 is 67.3 Å². The lowest BCUT2D eigenvalue weighted by Gasteiger charge is -2.40. The van der Waals surface area contributed by atoms with Gasteiger partial charge in [-0.05, 0) is 83.4 Å². The summed E-state index contributed by atoms with van der Waals surface area (Å²) in [6.07, 6.45) is -2.36. The van der Waals surface area contributed by atoms with Gasteiger partial charge in [-0.15, -0.1) is 47.0 Å². The topological polar surface area (TPSA) is 223 Å². The first-order valence-corrected chi connectivity index (χ1v) is 28.7. The number of carbonyl (C=O) groups excluding carboxylic acids is 6. The van der Waals surface area contributed by atoms with Gasteiger partial charge in [-0.3, -0.25) is 28.8 Å². The summed E-state index contributed by atoms with van der Waals surface area (Å²) in [5, 5.41) is 43.6. The van der Waals surface area contributed by atoms with Crippen molar-refractivity contribution in [2.45, 2.75) is 52.3 Å². The first-order chi connectivity index (χ1) is 37.7. The van der Waals surface area contributed by atoms with Crippen molar-refractivity contribution in [3.63, 3.8) is 0 Å². The molecule has 0 spiro atoms. The van der Waals surface area contributed by atoms with E-state index in [1.165, 1.54) is 36.4 Å². The van der Waals surface area contributed by atoms with Gasteiger partial charge in [0.05, 0.1) is 0 Å². The minimum Gasteiger partial charge on any atom is -0.460 e. The van der Waals surface area contributed by atoms with Crippen LogP contribution in [0.15, 0.2) is 201 Å². The Kier molecular flexibility index (Phi) is 19.6. The van der Waals surface area contributed by atoms with Gasteiger partial charge < -0.3 is 33.7 Å². The molecule has 5 heterocycles. The highest BCUT2D eigenvalue weighted by atomic mass is 32.2.